The maximum absolute atomic E-state index is 12.8. The molecule has 16 heavy (non-hydrogen) atoms. The fourth-order valence-corrected chi connectivity index (χ4v) is 2.22. The number of hydrogen-bond acceptors (Lipinski definition) is 1. The Morgan fingerprint density at radius 3 is 2.62 bits per heavy atom. The highest BCUT2D eigenvalue weighted by molar-refractivity contribution is 5.82. The van der Waals surface area contributed by atoms with E-state index in [1.54, 1.807) is 12.1 Å². The molecule has 1 atom stereocenters. The summed E-state index contributed by atoms with van der Waals surface area (Å²) in [6.45, 7) is 4.04. The van der Waals surface area contributed by atoms with Crippen molar-refractivity contribution in [3.63, 3.8) is 0 Å². The third kappa shape index (κ3) is 2.38. The third-order valence-corrected chi connectivity index (χ3v) is 3.19. The van der Waals surface area contributed by atoms with Crippen LogP contribution in [0, 0.1) is 11.7 Å². The first kappa shape index (κ1) is 11.1. The molecule has 0 aliphatic heterocycles. The van der Waals surface area contributed by atoms with Gasteiger partial charge >= 0.3 is 0 Å². The molecule has 2 rings (SSSR count). The van der Waals surface area contributed by atoms with Crippen LogP contribution in [0.15, 0.2) is 30.8 Å². The lowest BCUT2D eigenvalue weighted by Gasteiger charge is -2.23. The van der Waals surface area contributed by atoms with Gasteiger partial charge in [0.2, 0.25) is 0 Å². The molecule has 0 heterocycles. The minimum atomic E-state index is -0.240. The summed E-state index contributed by atoms with van der Waals surface area (Å²) in [6.07, 6.45) is 3.26. The van der Waals surface area contributed by atoms with Gasteiger partial charge in [0.1, 0.15) is 11.6 Å². The number of hydrogen-bond donors (Lipinski definition) is 0. The van der Waals surface area contributed by atoms with Gasteiger partial charge in [0, 0.05) is 12.8 Å². The molecule has 1 aliphatic rings. The molecule has 0 aromatic heterocycles. The van der Waals surface area contributed by atoms with Crippen LogP contribution in [0.1, 0.15) is 31.2 Å². The second kappa shape index (κ2) is 4.60. The van der Waals surface area contributed by atoms with Gasteiger partial charge in [-0.1, -0.05) is 18.7 Å². The van der Waals surface area contributed by atoms with E-state index >= 15 is 0 Å². The molecular weight excluding hydrogens is 203 g/mol. The van der Waals surface area contributed by atoms with E-state index in [0.29, 0.717) is 18.6 Å². The summed E-state index contributed by atoms with van der Waals surface area (Å²) >= 11 is 0. The molecular formula is C14H15FO. The van der Waals surface area contributed by atoms with Crippen molar-refractivity contribution in [2.24, 2.45) is 5.92 Å². The molecule has 0 N–H and O–H groups in total. The van der Waals surface area contributed by atoms with E-state index in [0.717, 1.165) is 24.0 Å². The van der Waals surface area contributed by atoms with Crippen molar-refractivity contribution >= 4 is 11.4 Å². The normalized spacial score (nSPS) is 20.8. The first-order valence-corrected chi connectivity index (χ1v) is 5.63. The summed E-state index contributed by atoms with van der Waals surface area (Å²) in [4.78, 5) is 11.4. The number of ketones is 1. The molecule has 0 spiro atoms. The molecule has 0 bridgehead atoms. The molecule has 0 saturated heterocycles. The van der Waals surface area contributed by atoms with Crippen LogP contribution in [0.25, 0.3) is 5.57 Å². The van der Waals surface area contributed by atoms with Crippen molar-refractivity contribution in [1.29, 1.82) is 0 Å². The topological polar surface area (TPSA) is 17.1 Å². The van der Waals surface area contributed by atoms with Gasteiger partial charge in [-0.25, -0.2) is 4.39 Å². The zero-order chi connectivity index (χ0) is 11.5. The number of rotatable bonds is 2. The molecule has 1 aromatic rings. The molecule has 2 heteroatoms. The Kier molecular flexibility index (Phi) is 3.18. The Bertz CT molecular complexity index is 405. The van der Waals surface area contributed by atoms with Crippen LogP contribution in [-0.2, 0) is 4.79 Å². The largest absolute Gasteiger partial charge is 0.300 e. The van der Waals surface area contributed by atoms with E-state index in [-0.39, 0.29) is 11.7 Å². The molecule has 0 amide bonds. The van der Waals surface area contributed by atoms with Crippen LogP contribution in [0.2, 0.25) is 0 Å². The van der Waals surface area contributed by atoms with Crippen molar-refractivity contribution in [2.75, 3.05) is 0 Å². The van der Waals surface area contributed by atoms with Crippen LogP contribution >= 0.6 is 0 Å². The fourth-order valence-electron chi connectivity index (χ4n) is 2.22. The van der Waals surface area contributed by atoms with Crippen LogP contribution in [0.5, 0.6) is 0 Å². The molecule has 1 unspecified atom stereocenters. The second-order valence-electron chi connectivity index (χ2n) is 4.36. The van der Waals surface area contributed by atoms with Gasteiger partial charge in [0.05, 0.1) is 0 Å². The van der Waals surface area contributed by atoms with Gasteiger partial charge < -0.3 is 0 Å². The van der Waals surface area contributed by atoms with Gasteiger partial charge in [-0.3, -0.25) is 4.79 Å². The predicted molar refractivity (Wildman–Crippen MR) is 62.4 cm³/mol. The quantitative estimate of drug-likeness (QED) is 0.741. The standard InChI is InChI=1S/C14H15FO/c1-10(11-5-7-13(15)8-6-11)12-3-2-4-14(16)9-12/h5-8,12H,1-4,9H2. The Hall–Kier alpha value is -1.44. The Balaban J connectivity index is 2.12. The molecule has 1 aromatic carbocycles. The molecule has 1 saturated carbocycles. The maximum atomic E-state index is 12.8. The van der Waals surface area contributed by atoms with Crippen LogP contribution < -0.4 is 0 Å². The highest BCUT2D eigenvalue weighted by Crippen LogP contribution is 2.32. The van der Waals surface area contributed by atoms with Crippen molar-refractivity contribution in [3.05, 3.63) is 42.2 Å². The smallest absolute Gasteiger partial charge is 0.133 e. The summed E-state index contributed by atoms with van der Waals surface area (Å²) in [5.41, 5.74) is 1.91. The van der Waals surface area contributed by atoms with Gasteiger partial charge in [-0.15, -0.1) is 0 Å². The summed E-state index contributed by atoms with van der Waals surface area (Å²) in [5.74, 6) is 0.322. The Morgan fingerprint density at radius 1 is 1.31 bits per heavy atom. The minimum Gasteiger partial charge on any atom is -0.300 e. The van der Waals surface area contributed by atoms with Crippen molar-refractivity contribution in [1.82, 2.24) is 0 Å². The van der Waals surface area contributed by atoms with Crippen LogP contribution in [0.4, 0.5) is 4.39 Å². The van der Waals surface area contributed by atoms with E-state index in [2.05, 4.69) is 6.58 Å². The van der Waals surface area contributed by atoms with E-state index in [1.807, 2.05) is 0 Å². The Labute approximate surface area is 95.0 Å². The number of halogens is 1. The average Bonchev–Trinajstić information content (AvgIpc) is 2.29. The average molecular weight is 218 g/mol. The predicted octanol–water partition coefficient (Wildman–Crippen LogP) is 3.60. The van der Waals surface area contributed by atoms with E-state index in [1.165, 1.54) is 12.1 Å². The maximum Gasteiger partial charge on any atom is 0.133 e. The number of benzene rings is 1. The fraction of sp³-hybridized carbons (Fsp3) is 0.357. The summed E-state index contributed by atoms with van der Waals surface area (Å²) in [6, 6.07) is 6.34. The third-order valence-electron chi connectivity index (χ3n) is 3.19. The summed E-state index contributed by atoms with van der Waals surface area (Å²) < 4.78 is 12.8. The number of allylic oxidation sites excluding steroid dienone is 1. The van der Waals surface area contributed by atoms with Crippen LogP contribution in [-0.4, -0.2) is 5.78 Å². The second-order valence-corrected chi connectivity index (χ2v) is 4.36. The first-order chi connectivity index (χ1) is 7.66. The van der Waals surface area contributed by atoms with E-state index < -0.39 is 0 Å². The zero-order valence-corrected chi connectivity index (χ0v) is 9.21. The molecule has 1 fully saturated rings. The van der Waals surface area contributed by atoms with Gasteiger partial charge in [0.15, 0.2) is 0 Å². The van der Waals surface area contributed by atoms with Crippen LogP contribution in [0.3, 0.4) is 0 Å². The Morgan fingerprint density at radius 2 is 2.00 bits per heavy atom. The number of Topliss-reactive ketones (excluding diaryl/α,β-unsaturated/α-hetero) is 1. The van der Waals surface area contributed by atoms with Crippen molar-refractivity contribution in [2.45, 2.75) is 25.7 Å². The molecule has 0 radical (unpaired) electrons. The molecule has 1 aliphatic carbocycles. The van der Waals surface area contributed by atoms with Gasteiger partial charge in [-0.2, -0.15) is 0 Å². The number of carbonyl (C=O) groups excluding carboxylic acids is 1. The highest BCUT2D eigenvalue weighted by atomic mass is 19.1. The SMILES string of the molecule is C=C(c1ccc(F)cc1)C1CCCC(=O)C1. The summed E-state index contributed by atoms with van der Waals surface area (Å²) in [7, 11) is 0. The van der Waals surface area contributed by atoms with E-state index in [4.69, 9.17) is 0 Å². The molecule has 84 valence electrons. The number of carbonyl (C=O) groups is 1. The van der Waals surface area contributed by atoms with Gasteiger partial charge in [0.25, 0.3) is 0 Å². The van der Waals surface area contributed by atoms with Crippen molar-refractivity contribution in [3.8, 4) is 0 Å². The summed E-state index contributed by atoms with van der Waals surface area (Å²) in [5, 5.41) is 0. The first-order valence-electron chi connectivity index (χ1n) is 5.63. The lowest BCUT2D eigenvalue weighted by Crippen LogP contribution is -2.15. The zero-order valence-electron chi connectivity index (χ0n) is 9.21. The van der Waals surface area contributed by atoms with Crippen molar-refractivity contribution < 1.29 is 9.18 Å². The monoisotopic (exact) mass is 218 g/mol. The van der Waals surface area contributed by atoms with E-state index in [9.17, 15) is 9.18 Å². The highest BCUT2D eigenvalue weighted by Gasteiger charge is 2.22. The lowest BCUT2D eigenvalue weighted by atomic mass is 9.81. The molecule has 1 nitrogen and oxygen atoms in total. The van der Waals surface area contributed by atoms with Gasteiger partial charge in [-0.05, 0) is 42.0 Å². The lowest BCUT2D eigenvalue weighted by molar-refractivity contribution is -0.120. The minimum absolute atomic E-state index is 0.240.